The molecule has 0 aromatic carbocycles. The van der Waals surface area contributed by atoms with Gasteiger partial charge in [0.05, 0.1) is 18.4 Å². The highest BCUT2D eigenvalue weighted by atomic mass is 32.2. The van der Waals surface area contributed by atoms with E-state index in [-0.39, 0.29) is 36.9 Å². The lowest BCUT2D eigenvalue weighted by molar-refractivity contribution is 0.0182. The second kappa shape index (κ2) is 7.60. The maximum Gasteiger partial charge on any atom is 0.261 e. The summed E-state index contributed by atoms with van der Waals surface area (Å²) in [5.74, 6) is 0.324. The number of sulfone groups is 1. The molecular weight excluding hydrogens is 296 g/mol. The number of hydrogen-bond acceptors (Lipinski definition) is 7. The summed E-state index contributed by atoms with van der Waals surface area (Å²) in [6.45, 7) is -0.597. The maximum absolute atomic E-state index is 11.8. The lowest BCUT2D eigenvalue weighted by atomic mass is 10.2. The molecule has 0 aliphatic carbocycles. The Kier molecular flexibility index (Phi) is 6.43. The van der Waals surface area contributed by atoms with Crippen molar-refractivity contribution >= 4 is 9.84 Å². The summed E-state index contributed by atoms with van der Waals surface area (Å²) in [7, 11) is -3.11. The summed E-state index contributed by atoms with van der Waals surface area (Å²) in [5, 5.41) is 3.62. The first kappa shape index (κ1) is 16.9. The molecule has 0 fully saturated rings. The number of halogens is 2. The first-order valence-corrected chi connectivity index (χ1v) is 7.95. The minimum Gasteiger partial charge on any atom is -0.375 e. The summed E-state index contributed by atoms with van der Waals surface area (Å²) in [5.41, 5.74) is 5.72. The van der Waals surface area contributed by atoms with Crippen molar-refractivity contribution in [3.63, 3.8) is 0 Å². The highest BCUT2D eigenvalue weighted by molar-refractivity contribution is 7.90. The van der Waals surface area contributed by atoms with E-state index in [4.69, 9.17) is 10.3 Å². The van der Waals surface area contributed by atoms with Crippen molar-refractivity contribution in [3.05, 3.63) is 11.7 Å². The largest absolute Gasteiger partial charge is 0.375 e. The van der Waals surface area contributed by atoms with E-state index in [0.717, 1.165) is 6.26 Å². The van der Waals surface area contributed by atoms with Crippen LogP contribution in [0.2, 0.25) is 0 Å². The van der Waals surface area contributed by atoms with Crippen molar-refractivity contribution in [1.29, 1.82) is 0 Å². The zero-order valence-electron chi connectivity index (χ0n) is 11.0. The Morgan fingerprint density at radius 3 is 2.75 bits per heavy atom. The van der Waals surface area contributed by atoms with Crippen LogP contribution in [-0.2, 0) is 21.0 Å². The standard InChI is InChI=1S/C10H17F2N3O4S/c1-20(16,17)5-3-7(13)10-14-9(15-19-10)2-4-18-6-8(11)12/h7-8H,2-6,13H2,1H3. The molecule has 0 bridgehead atoms. The van der Waals surface area contributed by atoms with Crippen LogP contribution in [0.15, 0.2) is 4.52 Å². The topological polar surface area (TPSA) is 108 Å². The van der Waals surface area contributed by atoms with Gasteiger partial charge in [-0.3, -0.25) is 0 Å². The van der Waals surface area contributed by atoms with E-state index < -0.39 is 28.9 Å². The number of ether oxygens (including phenoxy) is 1. The first-order valence-electron chi connectivity index (χ1n) is 5.89. The summed E-state index contributed by atoms with van der Waals surface area (Å²) in [4.78, 5) is 3.96. The van der Waals surface area contributed by atoms with Gasteiger partial charge >= 0.3 is 0 Å². The van der Waals surface area contributed by atoms with Gasteiger partial charge in [-0.25, -0.2) is 17.2 Å². The third-order valence-electron chi connectivity index (χ3n) is 2.31. The normalized spacial score (nSPS) is 13.8. The van der Waals surface area contributed by atoms with Crippen LogP contribution in [0.3, 0.4) is 0 Å². The smallest absolute Gasteiger partial charge is 0.261 e. The highest BCUT2D eigenvalue weighted by Gasteiger charge is 2.17. The SMILES string of the molecule is CS(=O)(=O)CCC(N)c1nc(CCOCC(F)F)no1. The fourth-order valence-electron chi connectivity index (χ4n) is 1.32. The summed E-state index contributed by atoms with van der Waals surface area (Å²) < 4.78 is 55.2. The molecule has 1 unspecified atom stereocenters. The quantitative estimate of drug-likeness (QED) is 0.654. The molecule has 0 radical (unpaired) electrons. The zero-order valence-corrected chi connectivity index (χ0v) is 11.8. The molecule has 7 nitrogen and oxygen atoms in total. The lowest BCUT2D eigenvalue weighted by Gasteiger charge is -2.04. The highest BCUT2D eigenvalue weighted by Crippen LogP contribution is 2.12. The van der Waals surface area contributed by atoms with E-state index >= 15 is 0 Å². The molecule has 1 atom stereocenters. The van der Waals surface area contributed by atoms with Crippen molar-refractivity contribution in [2.24, 2.45) is 5.73 Å². The molecule has 0 aliphatic rings. The molecule has 20 heavy (non-hydrogen) atoms. The second-order valence-corrected chi connectivity index (χ2v) is 6.55. The van der Waals surface area contributed by atoms with Crippen molar-refractivity contribution < 1.29 is 26.5 Å². The predicted octanol–water partition coefficient (Wildman–Crippen LogP) is 0.328. The number of rotatable bonds is 9. The number of alkyl halides is 2. The third kappa shape index (κ3) is 6.87. The molecule has 2 N–H and O–H groups in total. The van der Waals surface area contributed by atoms with Gasteiger partial charge in [0, 0.05) is 12.7 Å². The molecule has 1 heterocycles. The monoisotopic (exact) mass is 313 g/mol. The fourth-order valence-corrected chi connectivity index (χ4v) is 2.00. The van der Waals surface area contributed by atoms with Gasteiger partial charge in [-0.15, -0.1) is 0 Å². The van der Waals surface area contributed by atoms with Crippen LogP contribution in [0, 0.1) is 0 Å². The number of aromatic nitrogens is 2. The molecular formula is C10H17F2N3O4S. The van der Waals surface area contributed by atoms with Crippen molar-refractivity contribution in [2.45, 2.75) is 25.3 Å². The summed E-state index contributed by atoms with van der Waals surface area (Å²) >= 11 is 0. The molecule has 1 aromatic rings. The van der Waals surface area contributed by atoms with Gasteiger partial charge in [-0.05, 0) is 6.42 Å². The second-order valence-electron chi connectivity index (χ2n) is 4.29. The molecule has 0 aliphatic heterocycles. The Bertz CT molecular complexity index is 506. The molecule has 1 aromatic heterocycles. The van der Waals surface area contributed by atoms with Crippen molar-refractivity contribution in [3.8, 4) is 0 Å². The van der Waals surface area contributed by atoms with Crippen LogP contribution in [0.4, 0.5) is 8.78 Å². The maximum atomic E-state index is 11.8. The Hall–Kier alpha value is -1.13. The van der Waals surface area contributed by atoms with Crippen LogP contribution >= 0.6 is 0 Å². The lowest BCUT2D eigenvalue weighted by Crippen LogP contribution is -2.16. The van der Waals surface area contributed by atoms with Crippen LogP contribution in [-0.4, -0.2) is 50.2 Å². The Labute approximate surface area is 115 Å². The molecule has 0 spiro atoms. The van der Waals surface area contributed by atoms with Gasteiger partial charge in [0.25, 0.3) is 6.43 Å². The van der Waals surface area contributed by atoms with Gasteiger partial charge in [0.2, 0.25) is 5.89 Å². The van der Waals surface area contributed by atoms with Gasteiger partial charge in [-0.1, -0.05) is 5.16 Å². The van der Waals surface area contributed by atoms with E-state index in [0.29, 0.717) is 0 Å². The Morgan fingerprint density at radius 2 is 2.15 bits per heavy atom. The minimum absolute atomic E-state index is 0.0435. The van der Waals surface area contributed by atoms with Crippen molar-refractivity contribution in [1.82, 2.24) is 10.1 Å². The number of nitrogens with two attached hydrogens (primary N) is 1. The third-order valence-corrected chi connectivity index (χ3v) is 3.29. The minimum atomic E-state index is -3.11. The summed E-state index contributed by atoms with van der Waals surface area (Å²) in [6.07, 6.45) is -1.02. The number of nitrogens with zero attached hydrogens (tertiary/aromatic N) is 2. The summed E-state index contributed by atoms with van der Waals surface area (Å²) in [6, 6.07) is -0.673. The van der Waals surface area contributed by atoms with Gasteiger partial charge in [0.1, 0.15) is 16.4 Å². The molecule has 10 heteroatoms. The molecule has 0 saturated heterocycles. The average molecular weight is 313 g/mol. The molecule has 0 amide bonds. The average Bonchev–Trinajstić information content (AvgIpc) is 2.79. The van der Waals surface area contributed by atoms with Gasteiger partial charge in [0.15, 0.2) is 5.82 Å². The van der Waals surface area contributed by atoms with E-state index in [1.54, 1.807) is 0 Å². The van der Waals surface area contributed by atoms with Crippen molar-refractivity contribution in [2.75, 3.05) is 25.2 Å². The molecule has 1 rings (SSSR count). The predicted molar refractivity (Wildman–Crippen MR) is 66.1 cm³/mol. The van der Waals surface area contributed by atoms with Crippen LogP contribution in [0.1, 0.15) is 24.2 Å². The van der Waals surface area contributed by atoms with Crippen LogP contribution < -0.4 is 5.73 Å². The van der Waals surface area contributed by atoms with E-state index in [1.807, 2.05) is 0 Å². The van der Waals surface area contributed by atoms with Gasteiger partial charge in [-0.2, -0.15) is 4.98 Å². The van der Waals surface area contributed by atoms with Crippen LogP contribution in [0.5, 0.6) is 0 Å². The Morgan fingerprint density at radius 1 is 1.45 bits per heavy atom. The van der Waals surface area contributed by atoms with Gasteiger partial charge < -0.3 is 15.0 Å². The van der Waals surface area contributed by atoms with Crippen LogP contribution in [0.25, 0.3) is 0 Å². The zero-order chi connectivity index (χ0) is 15.2. The fraction of sp³-hybridized carbons (Fsp3) is 0.800. The Balaban J connectivity index is 2.38. The van der Waals surface area contributed by atoms with E-state index in [1.165, 1.54) is 0 Å². The van der Waals surface area contributed by atoms with E-state index in [9.17, 15) is 17.2 Å². The number of hydrogen-bond donors (Lipinski definition) is 1. The van der Waals surface area contributed by atoms with E-state index in [2.05, 4.69) is 14.9 Å². The first-order chi connectivity index (χ1) is 9.28. The molecule has 0 saturated carbocycles. The molecule has 116 valence electrons.